The van der Waals surface area contributed by atoms with Gasteiger partial charge in [-0.3, -0.25) is 4.79 Å². The van der Waals surface area contributed by atoms with E-state index in [1.54, 1.807) is 6.20 Å². The van der Waals surface area contributed by atoms with Crippen LogP contribution in [0.5, 0.6) is 11.5 Å². The van der Waals surface area contributed by atoms with Crippen molar-refractivity contribution in [2.45, 2.75) is 16.6 Å². The number of carbonyl (C=O) groups is 1. The third-order valence-electron chi connectivity index (χ3n) is 4.60. The minimum atomic E-state index is 0.282. The summed E-state index contributed by atoms with van der Waals surface area (Å²) in [6.07, 6.45) is 5.13. The number of ether oxygens (including phenoxy) is 2. The number of fused-ring (bicyclic) bond motifs is 2. The predicted octanol–water partition coefficient (Wildman–Crippen LogP) is 1.73. The molecule has 0 radical (unpaired) electrons. The Kier molecular flexibility index (Phi) is 5.04. The summed E-state index contributed by atoms with van der Waals surface area (Å²) < 4.78 is 18.9. The first-order chi connectivity index (χ1) is 15.2. The van der Waals surface area contributed by atoms with Crippen molar-refractivity contribution in [3.05, 3.63) is 30.9 Å². The van der Waals surface area contributed by atoms with E-state index < -0.39 is 0 Å². The van der Waals surface area contributed by atoms with Gasteiger partial charge in [0.05, 0.1) is 11.8 Å². The van der Waals surface area contributed by atoms with Gasteiger partial charge in [0, 0.05) is 18.0 Å². The molecule has 3 N–H and O–H groups in total. The maximum Gasteiger partial charge on any atom is 0.227 e. The summed E-state index contributed by atoms with van der Waals surface area (Å²) in [5, 5.41) is 3.28. The zero-order chi connectivity index (χ0) is 21.2. The van der Waals surface area contributed by atoms with Crippen LogP contribution in [-0.4, -0.2) is 50.7 Å². The Morgan fingerprint density at radius 1 is 1.19 bits per heavy atom. The molecule has 0 saturated carbocycles. The lowest BCUT2D eigenvalue weighted by Crippen LogP contribution is -2.18. The summed E-state index contributed by atoms with van der Waals surface area (Å²) in [5.41, 5.74) is 7.83. The normalized spacial score (nSPS) is 12.8. The Morgan fingerprint density at radius 2 is 2.03 bits per heavy atom. The Balaban J connectivity index is 1.61. The van der Waals surface area contributed by atoms with Crippen LogP contribution in [0.15, 0.2) is 45.4 Å². The summed E-state index contributed by atoms with van der Waals surface area (Å²) in [6, 6.07) is 3.72. The molecule has 0 aliphatic carbocycles. The Bertz CT molecular complexity index is 1240. The van der Waals surface area contributed by atoms with Gasteiger partial charge in [-0.25, -0.2) is 19.9 Å². The maximum absolute atomic E-state index is 10.7. The minimum absolute atomic E-state index is 0.282. The van der Waals surface area contributed by atoms with E-state index in [0.29, 0.717) is 66.4 Å². The fourth-order valence-electron chi connectivity index (χ4n) is 3.23. The second-order valence-corrected chi connectivity index (χ2v) is 7.49. The molecule has 0 bridgehead atoms. The van der Waals surface area contributed by atoms with E-state index in [4.69, 9.17) is 19.6 Å². The monoisotopic (exact) mass is 439 g/mol. The van der Waals surface area contributed by atoms with Gasteiger partial charge in [0.25, 0.3) is 0 Å². The summed E-state index contributed by atoms with van der Waals surface area (Å²) in [6.45, 7) is 1.80. The number of imidazole rings is 1. The largest absolute Gasteiger partial charge is 0.486 e. The molecule has 158 valence electrons. The molecule has 31 heavy (non-hydrogen) atoms. The quantitative estimate of drug-likeness (QED) is 0.323. The number of anilines is 1. The summed E-state index contributed by atoms with van der Waals surface area (Å²) in [5.74, 6) is 1.99. The fourth-order valence-corrected chi connectivity index (χ4v) is 4.27. The molecule has 4 aromatic rings. The first-order valence-electron chi connectivity index (χ1n) is 9.39. The van der Waals surface area contributed by atoms with Crippen molar-refractivity contribution in [1.82, 2.24) is 29.8 Å². The summed E-state index contributed by atoms with van der Waals surface area (Å²) >= 11 is 1.38. The number of amides is 1. The molecule has 3 aromatic heterocycles. The van der Waals surface area contributed by atoms with Gasteiger partial charge in [-0.05, 0) is 12.1 Å². The Hall–Kier alpha value is -3.80. The van der Waals surface area contributed by atoms with Gasteiger partial charge in [-0.1, -0.05) is 11.8 Å². The highest BCUT2D eigenvalue weighted by Crippen LogP contribution is 2.43. The lowest BCUT2D eigenvalue weighted by Gasteiger charge is -2.20. The highest BCUT2D eigenvalue weighted by Gasteiger charge is 2.22. The lowest BCUT2D eigenvalue weighted by atomic mass is 10.2. The number of nitrogen functional groups attached to an aromatic ring is 1. The first-order valence-corrected chi connectivity index (χ1v) is 10.2. The highest BCUT2D eigenvalue weighted by atomic mass is 32.2. The van der Waals surface area contributed by atoms with Crippen LogP contribution >= 0.6 is 11.8 Å². The van der Waals surface area contributed by atoms with Crippen molar-refractivity contribution in [2.24, 2.45) is 0 Å². The third kappa shape index (κ3) is 3.61. The molecule has 1 aliphatic rings. The molecule has 1 aromatic carbocycles. The van der Waals surface area contributed by atoms with E-state index >= 15 is 0 Å². The van der Waals surface area contributed by atoms with Crippen LogP contribution in [0.3, 0.4) is 0 Å². The van der Waals surface area contributed by atoms with Crippen LogP contribution in [0.25, 0.3) is 22.6 Å². The van der Waals surface area contributed by atoms with Crippen molar-refractivity contribution < 1.29 is 18.7 Å². The Morgan fingerprint density at radius 3 is 2.81 bits per heavy atom. The van der Waals surface area contributed by atoms with Crippen LogP contribution in [0.4, 0.5) is 5.82 Å². The standard InChI is InChI=1S/C19H17N7O4S/c20-16-15-17(24-9-23-16)26(3-1-21-10-27)19(25-15)31-14-8-13-12(28-5-6-29-13)7-11(14)18-22-2-4-30-18/h2,4,7-10H,1,3,5-6H2,(H,21,27)(H2,20,23,24). The van der Waals surface area contributed by atoms with Gasteiger partial charge < -0.3 is 29.5 Å². The van der Waals surface area contributed by atoms with Crippen molar-refractivity contribution in [1.29, 1.82) is 0 Å². The number of aromatic nitrogens is 5. The van der Waals surface area contributed by atoms with E-state index in [0.717, 1.165) is 10.5 Å². The first kappa shape index (κ1) is 19.2. The van der Waals surface area contributed by atoms with E-state index in [2.05, 4.69) is 25.3 Å². The minimum Gasteiger partial charge on any atom is -0.486 e. The maximum atomic E-state index is 10.7. The molecule has 1 amide bonds. The molecule has 0 unspecified atom stereocenters. The van der Waals surface area contributed by atoms with Crippen molar-refractivity contribution in [3.8, 4) is 23.0 Å². The van der Waals surface area contributed by atoms with E-state index in [9.17, 15) is 4.79 Å². The lowest BCUT2D eigenvalue weighted by molar-refractivity contribution is -0.109. The van der Waals surface area contributed by atoms with Crippen LogP contribution in [0.1, 0.15) is 0 Å². The molecule has 12 heteroatoms. The smallest absolute Gasteiger partial charge is 0.227 e. The third-order valence-corrected chi connectivity index (χ3v) is 5.65. The van der Waals surface area contributed by atoms with Crippen molar-refractivity contribution in [2.75, 3.05) is 25.5 Å². The summed E-state index contributed by atoms with van der Waals surface area (Å²) in [7, 11) is 0. The molecular formula is C19H17N7O4S. The second kappa shape index (κ2) is 8.14. The molecule has 0 fully saturated rings. The van der Waals surface area contributed by atoms with Crippen LogP contribution in [-0.2, 0) is 11.3 Å². The van der Waals surface area contributed by atoms with Gasteiger partial charge in [0.2, 0.25) is 12.3 Å². The van der Waals surface area contributed by atoms with Crippen molar-refractivity contribution >= 4 is 35.2 Å². The fraction of sp³-hybridized carbons (Fsp3) is 0.211. The van der Waals surface area contributed by atoms with Crippen LogP contribution in [0.2, 0.25) is 0 Å². The zero-order valence-electron chi connectivity index (χ0n) is 16.1. The van der Waals surface area contributed by atoms with E-state index in [1.807, 2.05) is 16.7 Å². The van der Waals surface area contributed by atoms with E-state index in [1.165, 1.54) is 24.4 Å². The number of rotatable bonds is 7. The molecule has 4 heterocycles. The molecule has 5 rings (SSSR count). The number of oxazole rings is 1. The molecule has 0 atom stereocenters. The van der Waals surface area contributed by atoms with Gasteiger partial charge in [0.15, 0.2) is 33.6 Å². The van der Waals surface area contributed by atoms with E-state index in [-0.39, 0.29) is 5.82 Å². The topological polar surface area (TPSA) is 143 Å². The van der Waals surface area contributed by atoms with Crippen LogP contribution < -0.4 is 20.5 Å². The number of nitrogens with zero attached hydrogens (tertiary/aromatic N) is 5. The number of benzene rings is 1. The molecule has 0 spiro atoms. The van der Waals surface area contributed by atoms with Gasteiger partial charge in [0.1, 0.15) is 25.8 Å². The number of nitrogens with one attached hydrogen (secondary N) is 1. The summed E-state index contributed by atoms with van der Waals surface area (Å²) in [4.78, 5) is 28.8. The zero-order valence-corrected chi connectivity index (χ0v) is 17.0. The molecule has 11 nitrogen and oxygen atoms in total. The second-order valence-electron chi connectivity index (χ2n) is 6.48. The average molecular weight is 439 g/mol. The van der Waals surface area contributed by atoms with Gasteiger partial charge in [-0.2, -0.15) is 0 Å². The predicted molar refractivity (Wildman–Crippen MR) is 111 cm³/mol. The SMILES string of the molecule is Nc1ncnc2c1nc(Sc1cc3c(cc1-c1ncco1)OCCO3)n2CCNC=O. The van der Waals surface area contributed by atoms with Crippen LogP contribution in [0, 0.1) is 0 Å². The van der Waals surface area contributed by atoms with Gasteiger partial charge in [-0.15, -0.1) is 0 Å². The van der Waals surface area contributed by atoms with Gasteiger partial charge >= 0.3 is 0 Å². The number of hydrogen-bond acceptors (Lipinski definition) is 10. The number of nitrogens with two attached hydrogens (primary N) is 1. The average Bonchev–Trinajstić information content (AvgIpc) is 3.43. The van der Waals surface area contributed by atoms with Crippen molar-refractivity contribution in [3.63, 3.8) is 0 Å². The molecular weight excluding hydrogens is 422 g/mol. The molecule has 1 aliphatic heterocycles. The number of carbonyl (C=O) groups excluding carboxylic acids is 1. The Labute approximate surface area is 180 Å². The molecule has 0 saturated heterocycles. The highest BCUT2D eigenvalue weighted by molar-refractivity contribution is 7.99. The number of hydrogen-bond donors (Lipinski definition) is 2.